The van der Waals surface area contributed by atoms with Gasteiger partial charge >= 0.3 is 31.4 Å². The van der Waals surface area contributed by atoms with Gasteiger partial charge in [-0.3, -0.25) is 29.0 Å². The smallest absolute Gasteiger partial charge is 0.469 e. The average Bonchev–Trinajstić information content (AvgIpc) is 3.65. The van der Waals surface area contributed by atoms with Crippen molar-refractivity contribution in [3.63, 3.8) is 0 Å². The van der Waals surface area contributed by atoms with Crippen LogP contribution in [0.25, 0.3) is 11.0 Å². The number of nitro groups is 1. The first kappa shape index (κ1) is 50.0. The summed E-state index contributed by atoms with van der Waals surface area (Å²) in [6.45, 7) is 1.52. The van der Waals surface area contributed by atoms with Crippen molar-refractivity contribution in [1.29, 1.82) is 0 Å². The number of carbonyl (C=O) groups excluding carboxylic acids is 2. The minimum atomic E-state index is -4.60. The van der Waals surface area contributed by atoms with Crippen LogP contribution in [-0.4, -0.2) is 91.7 Å². The van der Waals surface area contributed by atoms with Crippen LogP contribution < -0.4 is 11.1 Å². The SMILES string of the molecule is CCCCCCCC/C=C\CCCCCCCC(=O)OC[C@H](CO)OC(=O)CCCCCNc1ccc([N+](=O)[O-])c2nonc12.N[C@@H](COP(=O)(O)O)C(=O)O. The maximum atomic E-state index is 12.2. The van der Waals surface area contributed by atoms with Gasteiger partial charge in [-0.05, 0) is 61.3 Å². The van der Waals surface area contributed by atoms with Crippen LogP contribution in [0.2, 0.25) is 0 Å². The number of benzene rings is 1. The van der Waals surface area contributed by atoms with Gasteiger partial charge in [0.05, 0.1) is 23.8 Å². The van der Waals surface area contributed by atoms with Crippen molar-refractivity contribution in [2.45, 2.75) is 135 Å². The van der Waals surface area contributed by atoms with Crippen LogP contribution in [0.3, 0.4) is 0 Å². The molecule has 2 aromatic rings. The first-order chi connectivity index (χ1) is 26.8. The molecule has 0 saturated carbocycles. The molecule has 0 spiro atoms. The first-order valence-corrected chi connectivity index (χ1v) is 20.7. The van der Waals surface area contributed by atoms with Crippen molar-refractivity contribution in [2.75, 3.05) is 31.7 Å². The van der Waals surface area contributed by atoms with Gasteiger partial charge < -0.3 is 40.5 Å². The number of nitro benzene ring substituents is 1. The molecule has 56 heavy (non-hydrogen) atoms. The molecule has 2 rings (SSSR count). The van der Waals surface area contributed by atoms with Gasteiger partial charge in [0, 0.05) is 25.5 Å². The predicted molar refractivity (Wildman–Crippen MR) is 206 cm³/mol. The number of allylic oxidation sites excluding steroid dienone is 2. The van der Waals surface area contributed by atoms with Crippen molar-refractivity contribution in [3.05, 3.63) is 34.4 Å². The van der Waals surface area contributed by atoms with Crippen LogP contribution in [0.15, 0.2) is 28.9 Å². The van der Waals surface area contributed by atoms with E-state index >= 15 is 0 Å². The number of carboxylic acid groups (broad SMARTS) is 1. The molecule has 2 atom stereocenters. The molecule has 0 saturated heterocycles. The molecule has 0 aliphatic rings. The second-order valence-corrected chi connectivity index (χ2v) is 14.4. The Bertz CT molecular complexity index is 1500. The van der Waals surface area contributed by atoms with E-state index in [-0.39, 0.29) is 35.7 Å². The summed E-state index contributed by atoms with van der Waals surface area (Å²) in [4.78, 5) is 60.9. The molecule has 1 heterocycles. The third kappa shape index (κ3) is 24.5. The zero-order valence-corrected chi connectivity index (χ0v) is 33.2. The average molecular weight is 818 g/mol. The van der Waals surface area contributed by atoms with Gasteiger partial charge in [0.2, 0.25) is 5.52 Å². The molecular formula is C36H60N5O14P. The molecule has 0 fully saturated rings. The van der Waals surface area contributed by atoms with E-state index in [0.717, 1.165) is 44.9 Å². The lowest BCUT2D eigenvalue weighted by Gasteiger charge is -2.15. The number of aliphatic hydroxyl groups excluding tert-OH is 1. The van der Waals surface area contributed by atoms with E-state index in [0.29, 0.717) is 25.1 Å². The van der Waals surface area contributed by atoms with E-state index in [1.807, 2.05) is 0 Å². The maximum absolute atomic E-state index is 12.2. The van der Waals surface area contributed by atoms with Gasteiger partial charge in [-0.2, -0.15) is 0 Å². The summed E-state index contributed by atoms with van der Waals surface area (Å²) in [5.74, 6) is -2.18. The minimum absolute atomic E-state index is 0.0833. The molecule has 0 radical (unpaired) electrons. The highest BCUT2D eigenvalue weighted by Gasteiger charge is 2.21. The molecule has 0 unspecified atom stereocenters. The molecule has 7 N–H and O–H groups in total. The number of anilines is 1. The highest BCUT2D eigenvalue weighted by molar-refractivity contribution is 7.46. The second-order valence-electron chi connectivity index (χ2n) is 13.1. The maximum Gasteiger partial charge on any atom is 0.469 e. The number of unbranched alkanes of at least 4 members (excludes halogenated alkanes) is 13. The molecule has 318 valence electrons. The molecule has 1 aromatic heterocycles. The number of rotatable bonds is 31. The monoisotopic (exact) mass is 817 g/mol. The number of non-ortho nitro benzene ring substituents is 1. The summed E-state index contributed by atoms with van der Waals surface area (Å²) in [6.07, 6.45) is 21.7. The van der Waals surface area contributed by atoms with E-state index < -0.39 is 50.0 Å². The topological polar surface area (TPSA) is 297 Å². The van der Waals surface area contributed by atoms with Crippen molar-refractivity contribution >= 4 is 48.1 Å². The van der Waals surface area contributed by atoms with E-state index in [2.05, 4.69) is 43.9 Å². The molecule has 0 aliphatic carbocycles. The lowest BCUT2D eigenvalue weighted by molar-refractivity contribution is -0.383. The number of aliphatic carboxylic acids is 1. The Morgan fingerprint density at radius 3 is 2.05 bits per heavy atom. The molecule has 20 heteroatoms. The summed E-state index contributed by atoms with van der Waals surface area (Å²) in [6, 6.07) is 1.49. The van der Waals surface area contributed by atoms with Gasteiger partial charge in [-0.15, -0.1) is 0 Å². The number of nitrogens with zero attached hydrogens (tertiary/aromatic N) is 3. The Balaban J connectivity index is 0.00000123. The van der Waals surface area contributed by atoms with E-state index in [9.17, 15) is 34.2 Å². The number of aromatic nitrogens is 2. The number of esters is 2. The minimum Gasteiger partial charge on any atom is -0.480 e. The number of aliphatic hydroxyl groups is 1. The fourth-order valence-electron chi connectivity index (χ4n) is 5.15. The van der Waals surface area contributed by atoms with Gasteiger partial charge in [-0.1, -0.05) is 76.9 Å². The van der Waals surface area contributed by atoms with Crippen molar-refractivity contribution in [3.8, 4) is 0 Å². The van der Waals surface area contributed by atoms with Gasteiger partial charge in [0.1, 0.15) is 12.6 Å². The molecule has 0 aliphatic heterocycles. The Labute approximate surface area is 327 Å². The van der Waals surface area contributed by atoms with Crippen molar-refractivity contribution < 1.29 is 62.5 Å². The number of nitrogens with one attached hydrogen (secondary N) is 1. The second kappa shape index (κ2) is 30.2. The van der Waals surface area contributed by atoms with Crippen LogP contribution in [0.5, 0.6) is 0 Å². The summed E-state index contributed by atoms with van der Waals surface area (Å²) in [5.41, 5.74) is 5.63. The fourth-order valence-corrected chi connectivity index (χ4v) is 5.51. The van der Waals surface area contributed by atoms with Crippen molar-refractivity contribution in [1.82, 2.24) is 10.3 Å². The zero-order valence-electron chi connectivity index (χ0n) is 32.3. The predicted octanol–water partition coefficient (Wildman–Crippen LogP) is 6.10. The lowest BCUT2D eigenvalue weighted by atomic mass is 10.1. The third-order valence-corrected chi connectivity index (χ3v) is 8.76. The molecule has 1 aromatic carbocycles. The number of phosphoric ester groups is 1. The van der Waals surface area contributed by atoms with Crippen LogP contribution in [0.4, 0.5) is 11.4 Å². The number of hydrogen-bond donors (Lipinski definition) is 6. The number of ether oxygens (including phenoxy) is 2. The largest absolute Gasteiger partial charge is 0.480 e. The Morgan fingerprint density at radius 2 is 1.46 bits per heavy atom. The van der Waals surface area contributed by atoms with Crippen LogP contribution >= 0.6 is 7.82 Å². The van der Waals surface area contributed by atoms with E-state index in [1.54, 1.807) is 6.07 Å². The summed E-state index contributed by atoms with van der Waals surface area (Å²) >= 11 is 0. The van der Waals surface area contributed by atoms with E-state index in [4.69, 9.17) is 30.1 Å². The Kier molecular flexibility index (Phi) is 27.0. The molecular weight excluding hydrogens is 757 g/mol. The first-order valence-electron chi connectivity index (χ1n) is 19.2. The van der Waals surface area contributed by atoms with E-state index in [1.165, 1.54) is 57.4 Å². The zero-order chi connectivity index (χ0) is 41.6. The highest BCUT2D eigenvalue weighted by Crippen LogP contribution is 2.35. The summed E-state index contributed by atoms with van der Waals surface area (Å²) in [7, 11) is -4.60. The molecule has 0 amide bonds. The number of nitrogens with two attached hydrogens (primary N) is 1. The summed E-state index contributed by atoms with van der Waals surface area (Å²) < 4.78 is 28.9. The van der Waals surface area contributed by atoms with Crippen molar-refractivity contribution in [2.24, 2.45) is 5.73 Å². The fraction of sp³-hybridized carbons (Fsp3) is 0.694. The van der Waals surface area contributed by atoms with Crippen LogP contribution in [-0.2, 0) is 32.9 Å². The Hall–Kier alpha value is -4.00. The summed E-state index contributed by atoms with van der Waals surface area (Å²) in [5, 5.41) is 39.2. The number of carbonyl (C=O) groups is 3. The lowest BCUT2D eigenvalue weighted by Crippen LogP contribution is -2.34. The third-order valence-electron chi connectivity index (χ3n) is 8.28. The number of fused-ring (bicyclic) bond motifs is 1. The molecule has 19 nitrogen and oxygen atoms in total. The highest BCUT2D eigenvalue weighted by atomic mass is 31.2. The van der Waals surface area contributed by atoms with Gasteiger partial charge in [-0.25, -0.2) is 9.19 Å². The van der Waals surface area contributed by atoms with Gasteiger partial charge in [0.25, 0.3) is 0 Å². The van der Waals surface area contributed by atoms with Gasteiger partial charge in [0.15, 0.2) is 11.6 Å². The molecule has 0 bridgehead atoms. The number of hydrogen-bond acceptors (Lipinski definition) is 15. The van der Waals surface area contributed by atoms with Crippen LogP contribution in [0.1, 0.15) is 122 Å². The number of carboxylic acids is 1. The van der Waals surface area contributed by atoms with Crippen LogP contribution in [0, 0.1) is 10.1 Å². The normalized spacial score (nSPS) is 12.5. The standard InChI is InChI=1S/C33H52N4O8.C3H8NO6P/c1-2-3-4-5-6-7-8-9-10-11-12-13-14-15-17-20-30(39)43-26-27(25-38)44-31(40)21-18-16-19-24-34-28-22-23-29(37(41)42)33-32(28)35-45-36-33;4-2(3(5)6)1-10-11(7,8)9/h9-10,22-23,27,34,38H,2-8,11-21,24-26H2,1H3;2H,1,4H2,(H,5,6)(H2,7,8,9)/b10-9-;/t27-;2-/m00/s1. The number of phosphoric acid groups is 1. The quantitative estimate of drug-likeness (QED) is 0.0125. The Morgan fingerprint density at radius 1 is 0.893 bits per heavy atom.